The number of nitrogens with two attached hydrogens (primary N) is 1. The van der Waals surface area contributed by atoms with Crippen molar-refractivity contribution in [2.75, 3.05) is 5.32 Å². The largest absolute Gasteiger partial charge is 0.545 e. The molecule has 27 heavy (non-hydrogen) atoms. The maximum atomic E-state index is 12.5. The first-order valence-electron chi connectivity index (χ1n) is 7.73. The van der Waals surface area contributed by atoms with E-state index in [0.29, 0.717) is 11.3 Å². The molecule has 0 spiro atoms. The van der Waals surface area contributed by atoms with Gasteiger partial charge in [0.05, 0.1) is 11.7 Å². The van der Waals surface area contributed by atoms with E-state index < -0.39 is 17.8 Å². The normalized spacial score (nSPS) is 10.4. The van der Waals surface area contributed by atoms with Crippen molar-refractivity contribution >= 4 is 23.5 Å². The molecule has 1 heterocycles. The van der Waals surface area contributed by atoms with Gasteiger partial charge in [-0.05, 0) is 23.4 Å². The number of nitrogens with zero attached hydrogens (tertiary/aromatic N) is 4. The van der Waals surface area contributed by atoms with E-state index in [2.05, 4.69) is 20.7 Å². The van der Waals surface area contributed by atoms with E-state index in [-0.39, 0.29) is 23.5 Å². The van der Waals surface area contributed by atoms with Crippen LogP contribution in [0.4, 0.5) is 5.69 Å². The lowest BCUT2D eigenvalue weighted by atomic mass is 10.1. The number of hydrogen-bond donors (Lipinski definition) is 2. The summed E-state index contributed by atoms with van der Waals surface area (Å²) in [7, 11) is 0. The number of primary amides is 1. The molecule has 1 aromatic heterocycles. The Morgan fingerprint density at radius 1 is 1.04 bits per heavy atom. The van der Waals surface area contributed by atoms with E-state index in [9.17, 15) is 19.5 Å². The molecule has 3 aromatic rings. The van der Waals surface area contributed by atoms with Crippen molar-refractivity contribution in [3.05, 3.63) is 59.7 Å². The molecule has 2 amide bonds. The number of aromatic carboxylic acids is 1. The molecule has 0 aliphatic carbocycles. The van der Waals surface area contributed by atoms with Crippen molar-refractivity contribution in [2.45, 2.75) is 6.54 Å². The summed E-state index contributed by atoms with van der Waals surface area (Å²) in [6.07, 6.45) is 0. The van der Waals surface area contributed by atoms with Crippen LogP contribution in [-0.4, -0.2) is 38.0 Å². The lowest BCUT2D eigenvalue weighted by Gasteiger charge is -2.12. The van der Waals surface area contributed by atoms with Crippen LogP contribution in [0, 0.1) is 0 Å². The van der Waals surface area contributed by atoms with E-state index >= 15 is 0 Å². The molecule has 3 rings (SSSR count). The minimum atomic E-state index is -1.45. The molecular weight excluding hydrogens is 352 g/mol. The van der Waals surface area contributed by atoms with Crippen LogP contribution < -0.4 is 16.2 Å². The third-order valence-electron chi connectivity index (χ3n) is 3.56. The third kappa shape index (κ3) is 3.95. The summed E-state index contributed by atoms with van der Waals surface area (Å²) in [6.45, 7) is -0.236. The van der Waals surface area contributed by atoms with Crippen LogP contribution >= 0.6 is 0 Å². The number of aromatic nitrogens is 4. The number of benzene rings is 2. The molecular formula is C17H13N6O4-. The molecule has 10 heteroatoms. The summed E-state index contributed by atoms with van der Waals surface area (Å²) in [5, 5.41) is 25.4. The number of nitrogens with one attached hydrogen (secondary N) is 1. The quantitative estimate of drug-likeness (QED) is 0.593. The maximum absolute atomic E-state index is 12.5. The molecule has 0 aliphatic heterocycles. The molecule has 0 saturated heterocycles. The zero-order valence-electron chi connectivity index (χ0n) is 13.8. The number of carboxylic acid groups (broad SMARTS) is 1. The molecule has 3 N–H and O–H groups in total. The second kappa shape index (κ2) is 7.44. The van der Waals surface area contributed by atoms with Crippen molar-refractivity contribution < 1.29 is 19.5 Å². The van der Waals surface area contributed by atoms with Gasteiger partial charge in [0.15, 0.2) is 0 Å². The van der Waals surface area contributed by atoms with Crippen LogP contribution in [0.15, 0.2) is 48.5 Å². The second-order valence-electron chi connectivity index (χ2n) is 5.44. The smallest absolute Gasteiger partial charge is 0.256 e. The molecule has 2 aromatic carbocycles. The van der Waals surface area contributed by atoms with Gasteiger partial charge in [-0.1, -0.05) is 30.3 Å². The molecule has 0 aliphatic rings. The Hall–Kier alpha value is -4.08. The fraction of sp³-hybridized carbons (Fsp3) is 0.0588. The molecule has 0 bridgehead atoms. The first-order chi connectivity index (χ1) is 13.0. The van der Waals surface area contributed by atoms with Crippen LogP contribution in [0.3, 0.4) is 0 Å². The van der Waals surface area contributed by atoms with Crippen molar-refractivity contribution in [1.29, 1.82) is 0 Å². The Bertz CT molecular complexity index is 1030. The van der Waals surface area contributed by atoms with Crippen LogP contribution in [0.25, 0.3) is 11.4 Å². The number of amides is 2. The summed E-state index contributed by atoms with van der Waals surface area (Å²) in [5.74, 6) is -2.54. The van der Waals surface area contributed by atoms with E-state index in [0.717, 1.165) is 4.80 Å². The summed E-state index contributed by atoms with van der Waals surface area (Å²) in [6, 6.07) is 12.3. The van der Waals surface area contributed by atoms with Gasteiger partial charge in [0, 0.05) is 16.7 Å². The highest BCUT2D eigenvalue weighted by molar-refractivity contribution is 6.11. The summed E-state index contributed by atoms with van der Waals surface area (Å²) >= 11 is 0. The molecule has 10 nitrogen and oxygen atoms in total. The first-order valence-corrected chi connectivity index (χ1v) is 7.73. The summed E-state index contributed by atoms with van der Waals surface area (Å²) in [4.78, 5) is 35.7. The van der Waals surface area contributed by atoms with Gasteiger partial charge in [-0.3, -0.25) is 9.59 Å². The van der Waals surface area contributed by atoms with Gasteiger partial charge in [-0.25, -0.2) is 0 Å². The molecule has 0 atom stereocenters. The number of para-hydroxylation sites is 1. The van der Waals surface area contributed by atoms with E-state index in [4.69, 9.17) is 5.73 Å². The average Bonchev–Trinajstić information content (AvgIpc) is 3.09. The average molecular weight is 365 g/mol. The Morgan fingerprint density at radius 3 is 2.41 bits per heavy atom. The van der Waals surface area contributed by atoms with Crippen molar-refractivity contribution in [2.24, 2.45) is 5.73 Å². The number of carboxylic acids is 1. The maximum Gasteiger partial charge on any atom is 0.256 e. The van der Waals surface area contributed by atoms with Gasteiger partial charge in [-0.15, -0.1) is 10.2 Å². The van der Waals surface area contributed by atoms with E-state index in [1.807, 2.05) is 0 Å². The molecule has 0 radical (unpaired) electrons. The van der Waals surface area contributed by atoms with Crippen LogP contribution in [0.1, 0.15) is 20.7 Å². The van der Waals surface area contributed by atoms with Gasteiger partial charge in [0.1, 0.15) is 6.54 Å². The minimum Gasteiger partial charge on any atom is -0.545 e. The zero-order chi connectivity index (χ0) is 19.4. The van der Waals surface area contributed by atoms with Crippen molar-refractivity contribution in [1.82, 2.24) is 20.2 Å². The summed E-state index contributed by atoms with van der Waals surface area (Å²) < 4.78 is 0. The summed E-state index contributed by atoms with van der Waals surface area (Å²) in [5.41, 5.74) is 5.61. The fourth-order valence-corrected chi connectivity index (χ4v) is 2.39. The van der Waals surface area contributed by atoms with Gasteiger partial charge in [-0.2, -0.15) is 4.80 Å². The zero-order valence-corrected chi connectivity index (χ0v) is 13.8. The number of anilines is 1. The number of carbonyl (C=O) groups is 3. The predicted molar refractivity (Wildman–Crippen MR) is 91.2 cm³/mol. The number of tetrazole rings is 1. The SMILES string of the molecule is NC(=O)Cn1nnc(-c2ccccc2NC(=O)c2ccccc2C(=O)[O-])n1. The number of carbonyl (C=O) groups excluding carboxylic acids is 3. The highest BCUT2D eigenvalue weighted by Gasteiger charge is 2.16. The Kier molecular flexibility index (Phi) is 4.88. The highest BCUT2D eigenvalue weighted by atomic mass is 16.4. The predicted octanol–water partition coefficient (Wildman–Crippen LogP) is -0.559. The third-order valence-corrected chi connectivity index (χ3v) is 3.56. The molecule has 0 fully saturated rings. The number of hydrogen-bond acceptors (Lipinski definition) is 7. The van der Waals surface area contributed by atoms with Gasteiger partial charge in [0.25, 0.3) is 5.91 Å². The van der Waals surface area contributed by atoms with Gasteiger partial charge in [0.2, 0.25) is 11.7 Å². The van der Waals surface area contributed by atoms with Gasteiger partial charge < -0.3 is 21.0 Å². The Labute approximate surface area is 152 Å². The monoisotopic (exact) mass is 365 g/mol. The number of rotatable bonds is 6. The van der Waals surface area contributed by atoms with Crippen LogP contribution in [-0.2, 0) is 11.3 Å². The lowest BCUT2D eigenvalue weighted by Crippen LogP contribution is -2.26. The minimum absolute atomic E-state index is 0.0438. The molecule has 136 valence electrons. The van der Waals surface area contributed by atoms with Crippen LogP contribution in [0.5, 0.6) is 0 Å². The molecule has 0 unspecified atom stereocenters. The Morgan fingerprint density at radius 2 is 1.70 bits per heavy atom. The van der Waals surface area contributed by atoms with E-state index in [1.54, 1.807) is 30.3 Å². The molecule has 0 saturated carbocycles. The van der Waals surface area contributed by atoms with Crippen LogP contribution in [0.2, 0.25) is 0 Å². The lowest BCUT2D eigenvalue weighted by molar-refractivity contribution is -0.255. The Balaban J connectivity index is 1.91. The standard InChI is InChI=1S/C17H14N6O4/c18-14(24)9-23-21-15(20-22-23)12-7-3-4-8-13(12)19-16(25)10-5-1-2-6-11(10)17(26)27/h1-8H,9H2,(H2,18,24)(H,19,25)(H,26,27)/p-1. The van der Waals surface area contributed by atoms with Gasteiger partial charge >= 0.3 is 0 Å². The topological polar surface area (TPSA) is 156 Å². The fourth-order valence-electron chi connectivity index (χ4n) is 2.39. The van der Waals surface area contributed by atoms with E-state index in [1.165, 1.54) is 18.2 Å². The van der Waals surface area contributed by atoms with Crippen molar-refractivity contribution in [3.8, 4) is 11.4 Å². The second-order valence-corrected chi connectivity index (χ2v) is 5.44. The van der Waals surface area contributed by atoms with Crippen molar-refractivity contribution in [3.63, 3.8) is 0 Å². The first kappa shape index (κ1) is 17.7. The highest BCUT2D eigenvalue weighted by Crippen LogP contribution is 2.25.